The fraction of sp³-hybridized carbons (Fsp3) is 0.385. The number of hydrogen-bond donors (Lipinski definition) is 0. The topological polar surface area (TPSA) is 84.7 Å². The first-order valence-corrected chi connectivity index (χ1v) is 14.7. The molecule has 2 aromatic carbocycles. The van der Waals surface area contributed by atoms with Gasteiger partial charge in [-0.1, -0.05) is 41.4 Å². The lowest BCUT2D eigenvalue weighted by molar-refractivity contribution is 0.205. The third kappa shape index (κ3) is 5.95. The zero-order valence-electron chi connectivity index (χ0n) is 20.2. The molecular weight excluding hydrogens is 535 g/mol. The standard InChI is InChI=1S/C26H28Cl2N4O4S/c27-20-10-8-19(9-11-20)18-37(34,35)31-14-12-30(13-15-31)24-17-29-32(22-5-3-4-21(28)16-22)26(33)25(24)36-23-6-1-2-7-23/h3-5,8-11,16-17,23H,1-2,6-7,12-15,18H2. The summed E-state index contributed by atoms with van der Waals surface area (Å²) >= 11 is 12.1. The van der Waals surface area contributed by atoms with E-state index in [1.54, 1.807) is 54.7 Å². The normalized spacial score (nSPS) is 17.3. The molecule has 37 heavy (non-hydrogen) atoms. The number of anilines is 1. The molecule has 1 aromatic heterocycles. The van der Waals surface area contributed by atoms with Crippen LogP contribution in [0.15, 0.2) is 59.5 Å². The highest BCUT2D eigenvalue weighted by molar-refractivity contribution is 7.88. The summed E-state index contributed by atoms with van der Waals surface area (Å²) in [7, 11) is -3.50. The van der Waals surface area contributed by atoms with Gasteiger partial charge in [0.2, 0.25) is 15.8 Å². The van der Waals surface area contributed by atoms with E-state index in [4.69, 9.17) is 27.9 Å². The summed E-state index contributed by atoms with van der Waals surface area (Å²) < 4.78 is 35.1. The first-order chi connectivity index (χ1) is 17.8. The van der Waals surface area contributed by atoms with Gasteiger partial charge in [-0.3, -0.25) is 4.79 Å². The quantitative estimate of drug-likeness (QED) is 0.421. The highest BCUT2D eigenvalue weighted by atomic mass is 35.5. The Kier molecular flexibility index (Phi) is 7.76. The number of aromatic nitrogens is 2. The van der Waals surface area contributed by atoms with Gasteiger partial charge in [0.15, 0.2) is 0 Å². The van der Waals surface area contributed by atoms with Gasteiger partial charge in [-0.25, -0.2) is 8.42 Å². The molecule has 3 aromatic rings. The maximum Gasteiger partial charge on any atom is 0.316 e. The number of piperazine rings is 1. The van der Waals surface area contributed by atoms with Crippen LogP contribution < -0.4 is 15.2 Å². The predicted octanol–water partition coefficient (Wildman–Crippen LogP) is 4.51. The zero-order chi connectivity index (χ0) is 26.0. The molecule has 5 rings (SSSR count). The summed E-state index contributed by atoms with van der Waals surface area (Å²) in [5.74, 6) is 0.164. The molecule has 0 bridgehead atoms. The second-order valence-corrected chi connectivity index (χ2v) is 12.2. The van der Waals surface area contributed by atoms with Crippen LogP contribution in [0.4, 0.5) is 5.69 Å². The van der Waals surface area contributed by atoms with Gasteiger partial charge in [0, 0.05) is 36.2 Å². The van der Waals surface area contributed by atoms with E-state index in [-0.39, 0.29) is 23.2 Å². The maximum absolute atomic E-state index is 13.6. The summed E-state index contributed by atoms with van der Waals surface area (Å²) in [5.41, 5.74) is 1.47. The summed E-state index contributed by atoms with van der Waals surface area (Å²) in [5, 5.41) is 5.48. The van der Waals surface area contributed by atoms with Gasteiger partial charge in [-0.2, -0.15) is 14.1 Å². The van der Waals surface area contributed by atoms with Crippen LogP contribution in [0.1, 0.15) is 31.2 Å². The summed E-state index contributed by atoms with van der Waals surface area (Å²) in [6.45, 7) is 1.44. The van der Waals surface area contributed by atoms with E-state index in [1.807, 2.05) is 4.90 Å². The molecule has 0 N–H and O–H groups in total. The van der Waals surface area contributed by atoms with Gasteiger partial charge in [-0.15, -0.1) is 0 Å². The summed E-state index contributed by atoms with van der Waals surface area (Å²) in [6, 6.07) is 13.8. The third-order valence-corrected chi connectivity index (χ3v) is 9.13. The molecule has 8 nitrogen and oxygen atoms in total. The van der Waals surface area contributed by atoms with E-state index >= 15 is 0 Å². The van der Waals surface area contributed by atoms with Gasteiger partial charge in [0.25, 0.3) is 0 Å². The van der Waals surface area contributed by atoms with Crippen molar-refractivity contribution in [2.24, 2.45) is 0 Å². The number of halogens is 2. The van der Waals surface area contributed by atoms with Crippen LogP contribution in [0.25, 0.3) is 5.69 Å². The molecule has 0 unspecified atom stereocenters. The summed E-state index contributed by atoms with van der Waals surface area (Å²) in [4.78, 5) is 15.6. The maximum atomic E-state index is 13.6. The number of rotatable bonds is 7. The Bertz CT molecular complexity index is 1420. The number of sulfonamides is 1. The highest BCUT2D eigenvalue weighted by Gasteiger charge is 2.30. The monoisotopic (exact) mass is 562 g/mol. The van der Waals surface area contributed by atoms with Gasteiger partial charge < -0.3 is 9.64 Å². The molecule has 1 saturated carbocycles. The average Bonchev–Trinajstić information content (AvgIpc) is 3.40. The van der Waals surface area contributed by atoms with Crippen molar-refractivity contribution in [3.8, 4) is 11.4 Å². The van der Waals surface area contributed by atoms with Gasteiger partial charge in [-0.05, 0) is 61.6 Å². The van der Waals surface area contributed by atoms with Crippen LogP contribution in [-0.4, -0.2) is 54.8 Å². The van der Waals surface area contributed by atoms with Gasteiger partial charge in [0.05, 0.1) is 23.7 Å². The predicted molar refractivity (Wildman–Crippen MR) is 146 cm³/mol. The Morgan fingerprint density at radius 3 is 2.32 bits per heavy atom. The Labute approximate surface area is 226 Å². The molecule has 2 heterocycles. The van der Waals surface area contributed by atoms with Crippen molar-refractivity contribution >= 4 is 38.9 Å². The van der Waals surface area contributed by atoms with Crippen molar-refractivity contribution in [2.45, 2.75) is 37.5 Å². The highest BCUT2D eigenvalue weighted by Crippen LogP contribution is 2.31. The number of ether oxygens (including phenoxy) is 1. The van der Waals surface area contributed by atoms with Crippen molar-refractivity contribution in [1.82, 2.24) is 14.1 Å². The van der Waals surface area contributed by atoms with E-state index in [0.29, 0.717) is 53.2 Å². The van der Waals surface area contributed by atoms with Crippen molar-refractivity contribution in [1.29, 1.82) is 0 Å². The molecule has 2 fully saturated rings. The Morgan fingerprint density at radius 1 is 0.946 bits per heavy atom. The van der Waals surface area contributed by atoms with Crippen LogP contribution in [0.5, 0.6) is 5.75 Å². The second-order valence-electron chi connectivity index (χ2n) is 9.35. The van der Waals surface area contributed by atoms with Crippen LogP contribution in [-0.2, 0) is 15.8 Å². The first-order valence-electron chi connectivity index (χ1n) is 12.3. The first kappa shape index (κ1) is 26.0. The second kappa shape index (κ2) is 11.0. The lowest BCUT2D eigenvalue weighted by Gasteiger charge is -2.36. The molecule has 1 aliphatic carbocycles. The smallest absolute Gasteiger partial charge is 0.316 e. The molecule has 1 saturated heterocycles. The van der Waals surface area contributed by atoms with Crippen LogP contribution in [0, 0.1) is 0 Å². The fourth-order valence-corrected chi connectivity index (χ4v) is 6.65. The minimum Gasteiger partial charge on any atom is -0.483 e. The van der Waals surface area contributed by atoms with E-state index in [2.05, 4.69) is 5.10 Å². The largest absolute Gasteiger partial charge is 0.483 e. The molecule has 0 amide bonds. The van der Waals surface area contributed by atoms with Crippen LogP contribution >= 0.6 is 23.2 Å². The lowest BCUT2D eigenvalue weighted by Crippen LogP contribution is -2.49. The molecule has 0 radical (unpaired) electrons. The van der Waals surface area contributed by atoms with E-state index in [9.17, 15) is 13.2 Å². The van der Waals surface area contributed by atoms with Crippen molar-refractivity contribution in [3.05, 3.63) is 80.7 Å². The van der Waals surface area contributed by atoms with Crippen molar-refractivity contribution in [3.63, 3.8) is 0 Å². The average molecular weight is 564 g/mol. The Balaban J connectivity index is 1.37. The van der Waals surface area contributed by atoms with Crippen LogP contribution in [0.3, 0.4) is 0 Å². The van der Waals surface area contributed by atoms with Crippen molar-refractivity contribution < 1.29 is 13.2 Å². The molecule has 0 spiro atoms. The summed E-state index contributed by atoms with van der Waals surface area (Å²) in [6.07, 6.45) is 5.53. The van der Waals surface area contributed by atoms with E-state index < -0.39 is 10.0 Å². The SMILES string of the molecule is O=c1c(OC2CCCC2)c(N2CCN(S(=O)(=O)Cc3ccc(Cl)cc3)CC2)cnn1-c1cccc(Cl)c1. The number of benzene rings is 2. The Morgan fingerprint density at radius 2 is 1.65 bits per heavy atom. The zero-order valence-corrected chi connectivity index (χ0v) is 22.6. The third-order valence-electron chi connectivity index (χ3n) is 6.79. The molecule has 0 atom stereocenters. The fourth-order valence-electron chi connectivity index (χ4n) is 4.82. The van der Waals surface area contributed by atoms with Gasteiger partial charge in [0.1, 0.15) is 5.69 Å². The molecule has 1 aliphatic heterocycles. The number of nitrogens with zero attached hydrogens (tertiary/aromatic N) is 4. The van der Waals surface area contributed by atoms with E-state index in [1.165, 1.54) is 8.99 Å². The molecule has 2 aliphatic rings. The van der Waals surface area contributed by atoms with Crippen LogP contribution in [0.2, 0.25) is 10.0 Å². The van der Waals surface area contributed by atoms with Gasteiger partial charge >= 0.3 is 5.56 Å². The molecule has 11 heteroatoms. The van der Waals surface area contributed by atoms with E-state index in [0.717, 1.165) is 25.7 Å². The lowest BCUT2D eigenvalue weighted by atomic mass is 10.2. The minimum atomic E-state index is -3.50. The molecular formula is C26H28Cl2N4O4S. The van der Waals surface area contributed by atoms with Crippen molar-refractivity contribution in [2.75, 3.05) is 31.1 Å². The number of hydrogen-bond acceptors (Lipinski definition) is 6. The minimum absolute atomic E-state index is 0.0253. The molecule has 196 valence electrons. The Hall–Kier alpha value is -2.59.